The van der Waals surface area contributed by atoms with E-state index in [-0.39, 0.29) is 27.7 Å². The molecule has 0 aliphatic rings. The fraction of sp³-hybridized carbons (Fsp3) is 0.222. The number of hydrogen-bond donors (Lipinski definition) is 0. The summed E-state index contributed by atoms with van der Waals surface area (Å²) in [5, 5.41) is 10.9. The third-order valence-corrected chi connectivity index (χ3v) is 2.44. The number of hydrogen-bond acceptors (Lipinski definition) is 4. The molecule has 0 aliphatic carbocycles. The number of nitro groups is 1. The molecule has 0 bridgehead atoms. The van der Waals surface area contributed by atoms with Crippen LogP contribution in [0.5, 0.6) is 0 Å². The van der Waals surface area contributed by atoms with Crippen molar-refractivity contribution in [1.82, 2.24) is 0 Å². The first kappa shape index (κ1) is 12.7. The van der Waals surface area contributed by atoms with Gasteiger partial charge in [-0.2, -0.15) is 0 Å². The first-order chi connectivity index (χ1) is 7.45. The largest absolute Gasteiger partial charge is 0.469 e. The summed E-state index contributed by atoms with van der Waals surface area (Å²) in [6.45, 7) is 0. The molecule has 0 unspecified atom stereocenters. The lowest BCUT2D eigenvalue weighted by molar-refractivity contribution is -0.385. The first-order valence-electron chi connectivity index (χ1n) is 4.15. The minimum atomic E-state index is -0.643. The van der Waals surface area contributed by atoms with E-state index in [1.54, 1.807) is 0 Å². The molecule has 1 aromatic rings. The molecular formula is C9H7Cl2NO4. The standard InChI is InChI=1S/C9H7Cl2NO4/c1-16-9(13)4-6-7(11)2-5(10)3-8(6)12(14)15/h2-3H,4H2,1H3. The highest BCUT2D eigenvalue weighted by Gasteiger charge is 2.21. The number of rotatable bonds is 3. The van der Waals surface area contributed by atoms with E-state index in [1.165, 1.54) is 13.2 Å². The van der Waals surface area contributed by atoms with Crippen molar-refractivity contribution in [3.8, 4) is 0 Å². The van der Waals surface area contributed by atoms with Crippen LogP contribution in [-0.2, 0) is 16.0 Å². The van der Waals surface area contributed by atoms with Gasteiger partial charge in [-0.15, -0.1) is 0 Å². The Morgan fingerprint density at radius 2 is 2.12 bits per heavy atom. The minimum absolute atomic E-state index is 0.0737. The fourth-order valence-corrected chi connectivity index (χ4v) is 1.69. The van der Waals surface area contributed by atoms with Gasteiger partial charge in [-0.3, -0.25) is 14.9 Å². The van der Waals surface area contributed by atoms with Crippen LogP contribution in [-0.4, -0.2) is 18.0 Å². The average molecular weight is 264 g/mol. The summed E-state index contributed by atoms with van der Waals surface area (Å²) in [4.78, 5) is 21.1. The highest BCUT2D eigenvalue weighted by Crippen LogP contribution is 2.31. The summed E-state index contributed by atoms with van der Waals surface area (Å²) in [5.41, 5.74) is -0.189. The van der Waals surface area contributed by atoms with Crippen LogP contribution in [0.1, 0.15) is 5.56 Å². The van der Waals surface area contributed by atoms with Gasteiger partial charge in [-0.1, -0.05) is 23.2 Å². The fourth-order valence-electron chi connectivity index (χ4n) is 1.14. The maximum absolute atomic E-state index is 11.1. The van der Waals surface area contributed by atoms with Crippen LogP contribution in [0.15, 0.2) is 12.1 Å². The minimum Gasteiger partial charge on any atom is -0.469 e. The SMILES string of the molecule is COC(=O)Cc1c(Cl)cc(Cl)cc1[N+](=O)[O-]. The normalized spacial score (nSPS) is 9.94. The lowest BCUT2D eigenvalue weighted by Crippen LogP contribution is -2.07. The number of esters is 1. The third-order valence-electron chi connectivity index (χ3n) is 1.88. The number of ether oxygens (including phenoxy) is 1. The van der Waals surface area contributed by atoms with Crippen LogP contribution in [0.4, 0.5) is 5.69 Å². The Balaban J connectivity index is 3.24. The van der Waals surface area contributed by atoms with Crippen molar-refractivity contribution in [2.45, 2.75) is 6.42 Å². The molecular weight excluding hydrogens is 257 g/mol. The topological polar surface area (TPSA) is 69.4 Å². The second kappa shape index (κ2) is 5.14. The molecule has 0 aromatic heterocycles. The van der Waals surface area contributed by atoms with Gasteiger partial charge < -0.3 is 4.74 Å². The molecule has 86 valence electrons. The number of carbonyl (C=O) groups excluding carboxylic acids is 1. The predicted molar refractivity (Wildman–Crippen MR) is 58.8 cm³/mol. The summed E-state index contributed by atoms with van der Waals surface area (Å²) >= 11 is 11.4. The lowest BCUT2D eigenvalue weighted by Gasteiger charge is -2.04. The predicted octanol–water partition coefficient (Wildman–Crippen LogP) is 2.62. The highest BCUT2D eigenvalue weighted by molar-refractivity contribution is 6.35. The summed E-state index contributed by atoms with van der Waals surface area (Å²) in [6, 6.07) is 2.49. The maximum Gasteiger partial charge on any atom is 0.310 e. The molecule has 0 amide bonds. The molecule has 0 aliphatic heterocycles. The molecule has 5 nitrogen and oxygen atoms in total. The van der Waals surface area contributed by atoms with Crippen LogP contribution in [0.2, 0.25) is 10.0 Å². The number of benzene rings is 1. The zero-order valence-corrected chi connectivity index (χ0v) is 9.71. The molecule has 0 saturated carbocycles. The van der Waals surface area contributed by atoms with E-state index in [2.05, 4.69) is 4.74 Å². The number of nitrogens with zero attached hydrogens (tertiary/aromatic N) is 1. The Morgan fingerprint density at radius 1 is 1.50 bits per heavy atom. The molecule has 0 atom stereocenters. The van der Waals surface area contributed by atoms with Crippen molar-refractivity contribution in [1.29, 1.82) is 0 Å². The quantitative estimate of drug-likeness (QED) is 0.478. The van der Waals surface area contributed by atoms with Gasteiger partial charge in [0.05, 0.1) is 29.0 Å². The van der Waals surface area contributed by atoms with Crippen molar-refractivity contribution >= 4 is 34.9 Å². The van der Waals surface area contributed by atoms with Crippen molar-refractivity contribution in [2.75, 3.05) is 7.11 Å². The van der Waals surface area contributed by atoms with E-state index in [0.717, 1.165) is 6.07 Å². The molecule has 0 fully saturated rings. The summed E-state index contributed by atoms with van der Waals surface area (Å²) in [6.07, 6.45) is -0.261. The van der Waals surface area contributed by atoms with E-state index >= 15 is 0 Å². The second-order valence-electron chi connectivity index (χ2n) is 2.90. The maximum atomic E-state index is 11.1. The van der Waals surface area contributed by atoms with Gasteiger partial charge in [0.1, 0.15) is 0 Å². The molecule has 7 heteroatoms. The average Bonchev–Trinajstić information content (AvgIpc) is 2.20. The molecule has 0 heterocycles. The summed E-state index contributed by atoms with van der Waals surface area (Å²) < 4.78 is 4.42. The van der Waals surface area contributed by atoms with Gasteiger partial charge in [0.25, 0.3) is 5.69 Å². The van der Waals surface area contributed by atoms with Gasteiger partial charge in [0.2, 0.25) is 0 Å². The zero-order valence-electron chi connectivity index (χ0n) is 8.20. The van der Waals surface area contributed by atoms with Gasteiger partial charge in [-0.25, -0.2) is 0 Å². The molecule has 0 N–H and O–H groups in total. The Morgan fingerprint density at radius 3 is 2.62 bits per heavy atom. The number of methoxy groups -OCH3 is 1. The molecule has 0 spiro atoms. The monoisotopic (exact) mass is 263 g/mol. The molecule has 0 radical (unpaired) electrons. The van der Waals surface area contributed by atoms with E-state index in [4.69, 9.17) is 23.2 Å². The molecule has 1 rings (SSSR count). The van der Waals surface area contributed by atoms with E-state index < -0.39 is 10.9 Å². The molecule has 0 saturated heterocycles. The molecule has 1 aromatic carbocycles. The van der Waals surface area contributed by atoms with E-state index in [9.17, 15) is 14.9 Å². The number of halogens is 2. The van der Waals surface area contributed by atoms with Gasteiger partial charge in [0, 0.05) is 11.1 Å². The van der Waals surface area contributed by atoms with Gasteiger partial charge >= 0.3 is 5.97 Å². The van der Waals surface area contributed by atoms with Crippen LogP contribution in [0.3, 0.4) is 0 Å². The summed E-state index contributed by atoms with van der Waals surface area (Å²) in [7, 11) is 1.19. The Labute approximate surface area is 101 Å². The van der Waals surface area contributed by atoms with Gasteiger partial charge in [-0.05, 0) is 6.07 Å². The van der Waals surface area contributed by atoms with Crippen LogP contribution < -0.4 is 0 Å². The van der Waals surface area contributed by atoms with Gasteiger partial charge in [0.15, 0.2) is 0 Å². The Kier molecular flexibility index (Phi) is 4.09. The third kappa shape index (κ3) is 2.84. The number of carbonyl (C=O) groups is 1. The highest BCUT2D eigenvalue weighted by atomic mass is 35.5. The zero-order chi connectivity index (χ0) is 12.3. The van der Waals surface area contributed by atoms with E-state index in [1.807, 2.05) is 0 Å². The Hall–Kier alpha value is -1.33. The second-order valence-corrected chi connectivity index (χ2v) is 3.74. The van der Waals surface area contributed by atoms with Crippen LogP contribution in [0, 0.1) is 10.1 Å². The van der Waals surface area contributed by atoms with Crippen LogP contribution in [0.25, 0.3) is 0 Å². The molecule has 16 heavy (non-hydrogen) atoms. The summed E-state index contributed by atoms with van der Waals surface area (Å²) in [5.74, 6) is -0.604. The van der Waals surface area contributed by atoms with Crippen molar-refractivity contribution in [3.05, 3.63) is 37.9 Å². The first-order valence-corrected chi connectivity index (χ1v) is 4.90. The van der Waals surface area contributed by atoms with Crippen LogP contribution >= 0.6 is 23.2 Å². The Bertz CT molecular complexity index is 447. The van der Waals surface area contributed by atoms with Crippen molar-refractivity contribution in [2.24, 2.45) is 0 Å². The van der Waals surface area contributed by atoms with Crippen molar-refractivity contribution in [3.63, 3.8) is 0 Å². The van der Waals surface area contributed by atoms with E-state index in [0.29, 0.717) is 0 Å². The van der Waals surface area contributed by atoms with Crippen molar-refractivity contribution < 1.29 is 14.5 Å². The number of nitro benzene ring substituents is 1. The lowest BCUT2D eigenvalue weighted by atomic mass is 10.1. The smallest absolute Gasteiger partial charge is 0.310 e.